The fraction of sp³-hybridized carbons (Fsp3) is 0. The van der Waals surface area contributed by atoms with Crippen molar-refractivity contribution in [3.05, 3.63) is 152 Å². The van der Waals surface area contributed by atoms with Gasteiger partial charge < -0.3 is 4.57 Å². The van der Waals surface area contributed by atoms with Crippen LogP contribution < -0.4 is 0 Å². The van der Waals surface area contributed by atoms with E-state index in [-0.39, 0.29) is 0 Å². The van der Waals surface area contributed by atoms with Crippen molar-refractivity contribution < 1.29 is 0 Å². The number of hydrogen-bond donors (Lipinski definition) is 0. The Hall–Kier alpha value is -5.14. The number of hydrogen-bond acceptors (Lipinski definition) is 0. The first-order chi connectivity index (χ1) is 19.4. The van der Waals surface area contributed by atoms with E-state index in [1.165, 1.54) is 71.3 Å². The summed E-state index contributed by atoms with van der Waals surface area (Å²) in [5, 5.41) is 7.68. The summed E-state index contributed by atoms with van der Waals surface area (Å²) in [7, 11) is 0. The third-order valence-corrected chi connectivity index (χ3v) is 7.98. The molecule has 8 rings (SSSR count). The van der Waals surface area contributed by atoms with E-state index >= 15 is 0 Å². The van der Waals surface area contributed by atoms with E-state index in [0.29, 0.717) is 0 Å². The van der Waals surface area contributed by atoms with Crippen LogP contribution in [0.5, 0.6) is 0 Å². The van der Waals surface area contributed by atoms with Crippen molar-refractivity contribution in [3.8, 4) is 27.9 Å². The lowest BCUT2D eigenvalue weighted by Gasteiger charge is -2.15. The van der Waals surface area contributed by atoms with Crippen molar-refractivity contribution in [1.29, 1.82) is 0 Å². The molecule has 182 valence electrons. The van der Waals surface area contributed by atoms with E-state index in [2.05, 4.69) is 156 Å². The van der Waals surface area contributed by atoms with Crippen LogP contribution in [0.2, 0.25) is 0 Å². The minimum atomic E-state index is 1.17. The number of rotatable bonds is 3. The highest BCUT2D eigenvalue weighted by atomic mass is 15.0. The first-order valence-electron chi connectivity index (χ1n) is 13.5. The second kappa shape index (κ2) is 8.72. The molecule has 0 saturated heterocycles. The van der Waals surface area contributed by atoms with Gasteiger partial charge in [0.05, 0.1) is 11.0 Å². The SMILES string of the molecule is c1ccc(-c2c3ccccc3cc3c(-c4ccc(-n5c6ccccc6c6ccccc65)cc4)cccc23)cc1. The van der Waals surface area contributed by atoms with Crippen LogP contribution >= 0.6 is 0 Å². The van der Waals surface area contributed by atoms with Gasteiger partial charge in [0.1, 0.15) is 0 Å². The summed E-state index contributed by atoms with van der Waals surface area (Å²) in [5.74, 6) is 0. The van der Waals surface area contributed by atoms with E-state index in [4.69, 9.17) is 0 Å². The Bertz CT molecular complexity index is 2100. The first kappa shape index (κ1) is 21.9. The Balaban J connectivity index is 1.34. The quantitative estimate of drug-likeness (QED) is 0.215. The highest BCUT2D eigenvalue weighted by molar-refractivity contribution is 6.16. The zero-order valence-corrected chi connectivity index (χ0v) is 21.4. The van der Waals surface area contributed by atoms with Crippen LogP contribution in [0.1, 0.15) is 0 Å². The molecule has 0 amide bonds. The highest BCUT2D eigenvalue weighted by Crippen LogP contribution is 2.40. The van der Waals surface area contributed by atoms with Crippen LogP contribution in [0, 0.1) is 0 Å². The normalized spacial score (nSPS) is 11.6. The van der Waals surface area contributed by atoms with Crippen LogP contribution in [0.4, 0.5) is 0 Å². The number of nitrogens with zero attached hydrogens (tertiary/aromatic N) is 1. The zero-order valence-electron chi connectivity index (χ0n) is 21.4. The van der Waals surface area contributed by atoms with Crippen molar-refractivity contribution in [2.75, 3.05) is 0 Å². The van der Waals surface area contributed by atoms with Crippen molar-refractivity contribution in [3.63, 3.8) is 0 Å². The number of para-hydroxylation sites is 2. The van der Waals surface area contributed by atoms with E-state index in [1.807, 2.05) is 0 Å². The lowest BCUT2D eigenvalue weighted by atomic mass is 9.89. The van der Waals surface area contributed by atoms with Gasteiger partial charge in [0, 0.05) is 16.5 Å². The summed E-state index contributed by atoms with van der Waals surface area (Å²) in [4.78, 5) is 0. The molecule has 1 aromatic heterocycles. The van der Waals surface area contributed by atoms with Gasteiger partial charge in [0.25, 0.3) is 0 Å². The van der Waals surface area contributed by atoms with Crippen molar-refractivity contribution in [2.24, 2.45) is 0 Å². The van der Waals surface area contributed by atoms with E-state index in [1.54, 1.807) is 0 Å². The second-order valence-corrected chi connectivity index (χ2v) is 10.2. The van der Waals surface area contributed by atoms with Gasteiger partial charge in [-0.2, -0.15) is 0 Å². The Labute approximate surface area is 227 Å². The fourth-order valence-corrected chi connectivity index (χ4v) is 6.25. The predicted octanol–water partition coefficient (Wildman–Crippen LogP) is 10.4. The van der Waals surface area contributed by atoms with Gasteiger partial charge in [-0.15, -0.1) is 0 Å². The molecule has 1 heteroatoms. The van der Waals surface area contributed by atoms with Crippen LogP contribution in [-0.2, 0) is 0 Å². The Kier molecular flexibility index (Phi) is 4.89. The van der Waals surface area contributed by atoms with Crippen molar-refractivity contribution >= 4 is 43.4 Å². The molecule has 0 radical (unpaired) electrons. The van der Waals surface area contributed by atoms with Crippen LogP contribution in [0.15, 0.2) is 152 Å². The molecule has 0 spiro atoms. The summed E-state index contributed by atoms with van der Waals surface area (Å²) >= 11 is 0. The number of benzene rings is 7. The lowest BCUT2D eigenvalue weighted by Crippen LogP contribution is -1.94. The molecule has 39 heavy (non-hydrogen) atoms. The van der Waals surface area contributed by atoms with Gasteiger partial charge >= 0.3 is 0 Å². The second-order valence-electron chi connectivity index (χ2n) is 10.2. The van der Waals surface area contributed by atoms with Gasteiger partial charge in [-0.05, 0) is 74.1 Å². The fourth-order valence-electron chi connectivity index (χ4n) is 6.25. The third-order valence-electron chi connectivity index (χ3n) is 7.98. The summed E-state index contributed by atoms with van der Waals surface area (Å²) in [5.41, 5.74) is 8.66. The van der Waals surface area contributed by atoms with Crippen LogP contribution in [0.25, 0.3) is 71.3 Å². The molecule has 7 aromatic carbocycles. The van der Waals surface area contributed by atoms with Gasteiger partial charge in [0.15, 0.2) is 0 Å². The third kappa shape index (κ3) is 3.41. The molecule has 0 aliphatic heterocycles. The minimum Gasteiger partial charge on any atom is -0.309 e. The maximum atomic E-state index is 2.37. The molecule has 0 atom stereocenters. The van der Waals surface area contributed by atoms with Crippen LogP contribution in [0.3, 0.4) is 0 Å². The van der Waals surface area contributed by atoms with Gasteiger partial charge in [-0.3, -0.25) is 0 Å². The number of fused-ring (bicyclic) bond motifs is 5. The van der Waals surface area contributed by atoms with Gasteiger partial charge in [-0.25, -0.2) is 0 Å². The van der Waals surface area contributed by atoms with Crippen LogP contribution in [-0.4, -0.2) is 4.57 Å². The lowest BCUT2D eigenvalue weighted by molar-refractivity contribution is 1.18. The molecule has 0 saturated carbocycles. The molecular weight excluding hydrogens is 470 g/mol. The average Bonchev–Trinajstić information content (AvgIpc) is 3.34. The molecule has 0 bridgehead atoms. The smallest absolute Gasteiger partial charge is 0.0541 e. The summed E-state index contributed by atoms with van der Waals surface area (Å²) in [6.07, 6.45) is 0. The Morgan fingerprint density at radius 3 is 1.67 bits per heavy atom. The van der Waals surface area contributed by atoms with E-state index in [0.717, 1.165) is 0 Å². The first-order valence-corrected chi connectivity index (χ1v) is 13.5. The van der Waals surface area contributed by atoms with Gasteiger partial charge in [0.2, 0.25) is 0 Å². The molecular formula is C38H25N. The summed E-state index contributed by atoms with van der Waals surface area (Å²) in [6.45, 7) is 0. The van der Waals surface area contributed by atoms with Gasteiger partial charge in [-0.1, -0.05) is 121 Å². The largest absolute Gasteiger partial charge is 0.309 e. The monoisotopic (exact) mass is 495 g/mol. The minimum absolute atomic E-state index is 1.17. The molecule has 1 nitrogen and oxygen atoms in total. The zero-order chi connectivity index (χ0) is 25.8. The van der Waals surface area contributed by atoms with Crippen molar-refractivity contribution in [2.45, 2.75) is 0 Å². The van der Waals surface area contributed by atoms with Crippen molar-refractivity contribution in [1.82, 2.24) is 4.57 Å². The van der Waals surface area contributed by atoms with E-state index < -0.39 is 0 Å². The molecule has 8 aromatic rings. The highest BCUT2D eigenvalue weighted by Gasteiger charge is 2.14. The molecule has 0 aliphatic rings. The van der Waals surface area contributed by atoms with E-state index in [9.17, 15) is 0 Å². The topological polar surface area (TPSA) is 4.93 Å². The maximum Gasteiger partial charge on any atom is 0.0541 e. The standard InChI is InChI=1S/C38H25N/c1-2-11-27(12-3-1)38-31-14-5-4-13-28(31)25-35-30(17-10-18-34(35)38)26-21-23-29(24-22-26)39-36-19-8-6-15-32(36)33-16-7-9-20-37(33)39/h1-25H. The molecule has 0 unspecified atom stereocenters. The summed E-state index contributed by atoms with van der Waals surface area (Å²) in [6, 6.07) is 55.0. The Morgan fingerprint density at radius 2 is 0.949 bits per heavy atom. The predicted molar refractivity (Wildman–Crippen MR) is 167 cm³/mol. The summed E-state index contributed by atoms with van der Waals surface area (Å²) < 4.78 is 2.37. The molecule has 0 aliphatic carbocycles. The maximum absolute atomic E-state index is 2.37. The molecule has 0 N–H and O–H groups in total. The average molecular weight is 496 g/mol. The molecule has 0 fully saturated rings. The number of aromatic nitrogens is 1. The molecule has 1 heterocycles. The Morgan fingerprint density at radius 1 is 0.359 bits per heavy atom.